The van der Waals surface area contributed by atoms with Crippen LogP contribution in [0, 0.1) is 5.92 Å². The van der Waals surface area contributed by atoms with Gasteiger partial charge in [-0.3, -0.25) is 4.90 Å². The van der Waals surface area contributed by atoms with E-state index in [0.717, 1.165) is 73.8 Å². The van der Waals surface area contributed by atoms with Crippen LogP contribution in [0.5, 0.6) is 23.0 Å². The second kappa shape index (κ2) is 13.5. The summed E-state index contributed by atoms with van der Waals surface area (Å²) in [7, 11) is 5.02. The molecule has 9 nitrogen and oxygen atoms in total. The molecule has 2 aromatic carbocycles. The van der Waals surface area contributed by atoms with Gasteiger partial charge in [0.2, 0.25) is 5.95 Å². The molecular formula is C32H45N5O4. The molecule has 9 heteroatoms. The minimum atomic E-state index is 0.318. The van der Waals surface area contributed by atoms with Crippen LogP contribution in [0.2, 0.25) is 0 Å². The second-order valence-electron chi connectivity index (χ2n) is 11.5. The standard InChI is InChI=1S/C32H45N5O4/c1-22(2)21-41-30-17-23(9-10-27(30)38-3)20-36-15-11-24(12-16-36)33-32-34-26-19-29(40-5)28(39-4)18-25(26)31(35-32)37-13-7-6-8-14-37/h9-10,17-19,22,24H,6-8,11-16,20-21H2,1-5H3,(H,33,34,35). The van der Waals surface area contributed by atoms with E-state index in [1.807, 2.05) is 18.2 Å². The molecular weight excluding hydrogens is 518 g/mol. The number of fused-ring (bicyclic) bond motifs is 1. The lowest BCUT2D eigenvalue weighted by atomic mass is 10.0. The van der Waals surface area contributed by atoms with Crippen molar-refractivity contribution in [2.24, 2.45) is 5.92 Å². The fourth-order valence-electron chi connectivity index (χ4n) is 5.72. The van der Waals surface area contributed by atoms with Crippen LogP contribution >= 0.6 is 0 Å². The van der Waals surface area contributed by atoms with Crippen LogP contribution in [-0.2, 0) is 6.54 Å². The largest absolute Gasteiger partial charge is 0.493 e. The SMILES string of the molecule is COc1cc2nc(NC3CCN(Cc4ccc(OC)c(OCC(C)C)c4)CC3)nc(N3CCCCC3)c2cc1OC. The van der Waals surface area contributed by atoms with E-state index in [1.165, 1.54) is 24.8 Å². The fourth-order valence-corrected chi connectivity index (χ4v) is 5.72. The molecule has 0 radical (unpaired) electrons. The van der Waals surface area contributed by atoms with Crippen molar-refractivity contribution >= 4 is 22.7 Å². The lowest BCUT2D eigenvalue weighted by Gasteiger charge is -2.33. The molecule has 222 valence electrons. The Morgan fingerprint density at radius 1 is 0.829 bits per heavy atom. The highest BCUT2D eigenvalue weighted by Gasteiger charge is 2.23. The average Bonchev–Trinajstić information content (AvgIpc) is 3.00. The quantitative estimate of drug-likeness (QED) is 0.313. The number of anilines is 2. The predicted molar refractivity (Wildman–Crippen MR) is 164 cm³/mol. The molecule has 0 bridgehead atoms. The van der Waals surface area contributed by atoms with Crippen LogP contribution in [0.4, 0.5) is 11.8 Å². The van der Waals surface area contributed by atoms with E-state index < -0.39 is 0 Å². The lowest BCUT2D eigenvalue weighted by Crippen LogP contribution is -2.39. The van der Waals surface area contributed by atoms with E-state index in [0.29, 0.717) is 36.0 Å². The Bertz CT molecular complexity index is 1300. The van der Waals surface area contributed by atoms with Crippen LogP contribution in [0.15, 0.2) is 30.3 Å². The number of rotatable bonds is 11. The van der Waals surface area contributed by atoms with Gasteiger partial charge in [-0.25, -0.2) is 4.98 Å². The normalized spacial score (nSPS) is 16.7. The first-order valence-electron chi connectivity index (χ1n) is 14.9. The van der Waals surface area contributed by atoms with Crippen molar-refractivity contribution in [3.8, 4) is 23.0 Å². The number of aromatic nitrogens is 2. The first-order chi connectivity index (χ1) is 20.0. The van der Waals surface area contributed by atoms with Crippen LogP contribution in [0.3, 0.4) is 0 Å². The van der Waals surface area contributed by atoms with Crippen LogP contribution in [0.25, 0.3) is 10.9 Å². The fraction of sp³-hybridized carbons (Fsp3) is 0.562. The molecule has 1 aromatic heterocycles. The summed E-state index contributed by atoms with van der Waals surface area (Å²) < 4.78 is 22.7. The van der Waals surface area contributed by atoms with Gasteiger partial charge >= 0.3 is 0 Å². The van der Waals surface area contributed by atoms with Gasteiger partial charge in [0, 0.05) is 50.2 Å². The second-order valence-corrected chi connectivity index (χ2v) is 11.5. The molecule has 2 aliphatic heterocycles. The third-order valence-corrected chi connectivity index (χ3v) is 7.96. The van der Waals surface area contributed by atoms with E-state index in [1.54, 1.807) is 21.3 Å². The number of hydrogen-bond acceptors (Lipinski definition) is 9. The summed E-state index contributed by atoms with van der Waals surface area (Å²) in [5, 5.41) is 4.67. The molecule has 0 atom stereocenters. The maximum atomic E-state index is 6.03. The minimum absolute atomic E-state index is 0.318. The summed E-state index contributed by atoms with van der Waals surface area (Å²) in [6, 6.07) is 10.6. The van der Waals surface area contributed by atoms with Gasteiger partial charge in [-0.05, 0) is 61.8 Å². The number of nitrogens with zero attached hydrogens (tertiary/aromatic N) is 4. The van der Waals surface area contributed by atoms with Gasteiger partial charge in [0.25, 0.3) is 0 Å². The molecule has 2 aliphatic rings. The van der Waals surface area contributed by atoms with Crippen molar-refractivity contribution in [3.05, 3.63) is 35.9 Å². The Morgan fingerprint density at radius 2 is 1.54 bits per heavy atom. The molecule has 41 heavy (non-hydrogen) atoms. The number of hydrogen-bond donors (Lipinski definition) is 1. The van der Waals surface area contributed by atoms with E-state index >= 15 is 0 Å². The highest BCUT2D eigenvalue weighted by molar-refractivity contribution is 5.93. The van der Waals surface area contributed by atoms with Gasteiger partial charge in [0.1, 0.15) is 5.82 Å². The Morgan fingerprint density at radius 3 is 2.22 bits per heavy atom. The summed E-state index contributed by atoms with van der Waals surface area (Å²) in [5.74, 6) is 5.11. The zero-order chi connectivity index (χ0) is 28.8. The van der Waals surface area contributed by atoms with Gasteiger partial charge in [-0.1, -0.05) is 19.9 Å². The monoisotopic (exact) mass is 563 g/mol. The van der Waals surface area contributed by atoms with Crippen molar-refractivity contribution in [2.45, 2.75) is 58.5 Å². The highest BCUT2D eigenvalue weighted by Crippen LogP contribution is 2.37. The Kier molecular flexibility index (Phi) is 9.54. The smallest absolute Gasteiger partial charge is 0.225 e. The van der Waals surface area contributed by atoms with Gasteiger partial charge < -0.3 is 29.2 Å². The van der Waals surface area contributed by atoms with Crippen molar-refractivity contribution in [1.29, 1.82) is 0 Å². The molecule has 0 saturated carbocycles. The number of piperidine rings is 2. The molecule has 5 rings (SSSR count). The zero-order valence-electron chi connectivity index (χ0n) is 25.2. The van der Waals surface area contributed by atoms with E-state index in [4.69, 9.17) is 28.9 Å². The number of benzene rings is 2. The Hall–Kier alpha value is -3.46. The Labute approximate surface area is 244 Å². The molecule has 0 amide bonds. The highest BCUT2D eigenvalue weighted by atomic mass is 16.5. The van der Waals surface area contributed by atoms with Gasteiger partial charge in [0.05, 0.1) is 33.5 Å². The molecule has 0 aliphatic carbocycles. The first kappa shape index (κ1) is 29.0. The molecule has 2 saturated heterocycles. The maximum Gasteiger partial charge on any atom is 0.225 e. The number of likely N-dealkylation sites (tertiary alicyclic amines) is 1. The van der Waals surface area contributed by atoms with Crippen molar-refractivity contribution in [3.63, 3.8) is 0 Å². The molecule has 2 fully saturated rings. The topological polar surface area (TPSA) is 81.2 Å². The van der Waals surface area contributed by atoms with Crippen molar-refractivity contribution < 1.29 is 18.9 Å². The number of nitrogens with one attached hydrogen (secondary N) is 1. The summed E-state index contributed by atoms with van der Waals surface area (Å²) >= 11 is 0. The van der Waals surface area contributed by atoms with Gasteiger partial charge in [0.15, 0.2) is 23.0 Å². The van der Waals surface area contributed by atoms with Gasteiger partial charge in [-0.15, -0.1) is 0 Å². The third-order valence-electron chi connectivity index (χ3n) is 7.96. The van der Waals surface area contributed by atoms with Gasteiger partial charge in [-0.2, -0.15) is 4.98 Å². The summed E-state index contributed by atoms with van der Waals surface area (Å²) in [5.41, 5.74) is 2.11. The Balaban J connectivity index is 1.27. The zero-order valence-corrected chi connectivity index (χ0v) is 25.2. The number of ether oxygens (including phenoxy) is 4. The van der Waals surface area contributed by atoms with Crippen LogP contribution < -0.4 is 29.2 Å². The number of methoxy groups -OCH3 is 3. The molecule has 0 spiro atoms. The van der Waals surface area contributed by atoms with Crippen molar-refractivity contribution in [2.75, 3.05) is 64.3 Å². The van der Waals surface area contributed by atoms with E-state index in [9.17, 15) is 0 Å². The summed E-state index contributed by atoms with van der Waals surface area (Å²) in [6.07, 6.45) is 5.68. The van der Waals surface area contributed by atoms with Crippen LogP contribution in [0.1, 0.15) is 51.5 Å². The third kappa shape index (κ3) is 7.07. The predicted octanol–water partition coefficient (Wildman–Crippen LogP) is 5.76. The summed E-state index contributed by atoms with van der Waals surface area (Å²) in [4.78, 5) is 14.9. The minimum Gasteiger partial charge on any atom is -0.493 e. The lowest BCUT2D eigenvalue weighted by molar-refractivity contribution is 0.210. The maximum absolute atomic E-state index is 6.03. The van der Waals surface area contributed by atoms with Crippen molar-refractivity contribution in [1.82, 2.24) is 14.9 Å². The molecule has 3 aromatic rings. The van der Waals surface area contributed by atoms with E-state index in [2.05, 4.69) is 41.1 Å². The average molecular weight is 564 g/mol. The molecule has 3 heterocycles. The molecule has 0 unspecified atom stereocenters. The summed E-state index contributed by atoms with van der Waals surface area (Å²) in [6.45, 7) is 9.89. The van der Waals surface area contributed by atoms with E-state index in [-0.39, 0.29) is 0 Å². The molecule has 1 N–H and O–H groups in total. The van der Waals surface area contributed by atoms with Crippen LogP contribution in [-0.4, -0.2) is 75.0 Å². The first-order valence-corrected chi connectivity index (χ1v) is 14.9.